The Kier molecular flexibility index (Phi) is 2.83. The lowest BCUT2D eigenvalue weighted by atomic mass is 10.1. The second-order valence-electron chi connectivity index (χ2n) is 4.74. The van der Waals surface area contributed by atoms with Crippen LogP contribution < -0.4 is 4.90 Å². The van der Waals surface area contributed by atoms with Crippen molar-refractivity contribution in [1.29, 1.82) is 0 Å². The van der Waals surface area contributed by atoms with Gasteiger partial charge in [0.15, 0.2) is 0 Å². The molecular formula is C12H14N2O3S. The summed E-state index contributed by atoms with van der Waals surface area (Å²) in [6.45, 7) is 0.793. The molecule has 96 valence electrons. The van der Waals surface area contributed by atoms with Crippen LogP contribution in [0.4, 0.5) is 5.69 Å². The van der Waals surface area contributed by atoms with Crippen molar-refractivity contribution in [2.45, 2.75) is 24.9 Å². The number of carboxylic acids is 1. The van der Waals surface area contributed by atoms with Crippen LogP contribution in [0.5, 0.6) is 0 Å². The van der Waals surface area contributed by atoms with E-state index in [2.05, 4.69) is 0 Å². The molecule has 0 unspecified atom stereocenters. The van der Waals surface area contributed by atoms with E-state index in [1.165, 1.54) is 0 Å². The second kappa shape index (κ2) is 4.37. The van der Waals surface area contributed by atoms with Gasteiger partial charge in [-0.2, -0.15) is 11.3 Å². The fourth-order valence-electron chi connectivity index (χ4n) is 3.03. The summed E-state index contributed by atoms with van der Waals surface area (Å²) in [5.74, 6) is -0.712. The molecule has 2 atom stereocenters. The Morgan fingerprint density at radius 1 is 1.50 bits per heavy atom. The Balaban J connectivity index is 1.81. The summed E-state index contributed by atoms with van der Waals surface area (Å²) in [4.78, 5) is 26.6. The van der Waals surface area contributed by atoms with Crippen LogP contribution >= 0.6 is 11.3 Å². The molecule has 1 N–H and O–H groups in total. The lowest BCUT2D eigenvalue weighted by Crippen LogP contribution is -2.39. The number of thiophene rings is 1. The van der Waals surface area contributed by atoms with Crippen molar-refractivity contribution in [3.05, 3.63) is 16.8 Å². The number of rotatable bonds is 3. The van der Waals surface area contributed by atoms with E-state index in [9.17, 15) is 9.59 Å². The highest BCUT2D eigenvalue weighted by molar-refractivity contribution is 7.08. The molecule has 0 aromatic carbocycles. The van der Waals surface area contributed by atoms with E-state index in [0.29, 0.717) is 6.42 Å². The van der Waals surface area contributed by atoms with Crippen LogP contribution in [0.25, 0.3) is 0 Å². The number of nitrogens with zero attached hydrogens (tertiary/aromatic N) is 2. The highest BCUT2D eigenvalue weighted by Crippen LogP contribution is 2.36. The summed E-state index contributed by atoms with van der Waals surface area (Å²) in [6.07, 6.45) is 1.30. The minimum atomic E-state index is -0.822. The third-order valence-electron chi connectivity index (χ3n) is 3.73. The quantitative estimate of drug-likeness (QED) is 0.887. The van der Waals surface area contributed by atoms with Gasteiger partial charge in [-0.05, 0) is 17.9 Å². The molecule has 0 radical (unpaired) electrons. The molecular weight excluding hydrogens is 252 g/mol. The van der Waals surface area contributed by atoms with Crippen molar-refractivity contribution in [2.24, 2.45) is 0 Å². The standard InChI is InChI=1S/C12H14N2O3S/c15-11-5-10-9(1-3-13(10)6-12(16)17)14(11)8-2-4-18-7-8/h2,4,7,9-10H,1,3,5-6H2,(H,16,17)/t9-,10+/m0/s1. The van der Waals surface area contributed by atoms with Crippen molar-refractivity contribution in [3.8, 4) is 0 Å². The van der Waals surface area contributed by atoms with Crippen molar-refractivity contribution >= 4 is 28.9 Å². The second-order valence-corrected chi connectivity index (χ2v) is 5.52. The molecule has 0 spiro atoms. The van der Waals surface area contributed by atoms with E-state index in [1.54, 1.807) is 11.3 Å². The summed E-state index contributed by atoms with van der Waals surface area (Å²) in [5, 5.41) is 12.8. The Morgan fingerprint density at radius 2 is 2.33 bits per heavy atom. The summed E-state index contributed by atoms with van der Waals surface area (Å²) >= 11 is 1.57. The van der Waals surface area contributed by atoms with Crippen molar-refractivity contribution < 1.29 is 14.7 Å². The largest absolute Gasteiger partial charge is 0.480 e. The normalized spacial score (nSPS) is 27.8. The molecule has 0 saturated carbocycles. The SMILES string of the molecule is O=C(O)CN1CC[C@H]2[C@H]1CC(=O)N2c1ccsc1. The van der Waals surface area contributed by atoms with Crippen LogP contribution in [0.15, 0.2) is 16.8 Å². The zero-order chi connectivity index (χ0) is 12.7. The fraction of sp³-hybridized carbons (Fsp3) is 0.500. The van der Waals surface area contributed by atoms with Gasteiger partial charge in [0.05, 0.1) is 18.3 Å². The predicted molar refractivity (Wildman–Crippen MR) is 67.8 cm³/mol. The number of hydrogen-bond acceptors (Lipinski definition) is 4. The first-order valence-electron chi connectivity index (χ1n) is 5.97. The number of hydrogen-bond donors (Lipinski definition) is 1. The van der Waals surface area contributed by atoms with Crippen LogP contribution in [-0.2, 0) is 9.59 Å². The first-order valence-corrected chi connectivity index (χ1v) is 6.91. The average molecular weight is 266 g/mol. The van der Waals surface area contributed by atoms with Gasteiger partial charge in [0, 0.05) is 24.4 Å². The van der Waals surface area contributed by atoms with E-state index >= 15 is 0 Å². The van der Waals surface area contributed by atoms with Gasteiger partial charge in [-0.25, -0.2) is 0 Å². The van der Waals surface area contributed by atoms with E-state index in [-0.39, 0.29) is 24.5 Å². The van der Waals surface area contributed by atoms with Gasteiger partial charge in [0.25, 0.3) is 0 Å². The van der Waals surface area contributed by atoms with Crippen LogP contribution in [0.1, 0.15) is 12.8 Å². The Morgan fingerprint density at radius 3 is 3.00 bits per heavy atom. The fourth-order valence-corrected chi connectivity index (χ4v) is 3.66. The predicted octanol–water partition coefficient (Wildman–Crippen LogP) is 1.01. The third-order valence-corrected chi connectivity index (χ3v) is 4.40. The Bertz CT molecular complexity index is 474. The number of fused-ring (bicyclic) bond motifs is 1. The van der Waals surface area contributed by atoms with E-state index in [1.807, 2.05) is 26.6 Å². The number of carbonyl (C=O) groups excluding carboxylic acids is 1. The average Bonchev–Trinajstić information content (AvgIpc) is 2.96. The van der Waals surface area contributed by atoms with Crippen molar-refractivity contribution in [1.82, 2.24) is 4.90 Å². The molecule has 3 rings (SSSR count). The molecule has 2 aliphatic heterocycles. The summed E-state index contributed by atoms with van der Waals surface area (Å²) in [6, 6.07) is 2.16. The molecule has 6 heteroatoms. The highest BCUT2D eigenvalue weighted by Gasteiger charge is 2.47. The molecule has 1 aromatic rings. The van der Waals surface area contributed by atoms with E-state index in [4.69, 9.17) is 5.11 Å². The molecule has 0 aliphatic carbocycles. The maximum absolute atomic E-state index is 12.1. The van der Waals surface area contributed by atoms with Gasteiger partial charge in [-0.1, -0.05) is 0 Å². The zero-order valence-corrected chi connectivity index (χ0v) is 10.6. The molecule has 3 heterocycles. The van der Waals surface area contributed by atoms with Crippen LogP contribution in [0.3, 0.4) is 0 Å². The maximum Gasteiger partial charge on any atom is 0.317 e. The molecule has 0 bridgehead atoms. The monoisotopic (exact) mass is 266 g/mol. The smallest absolute Gasteiger partial charge is 0.317 e. The van der Waals surface area contributed by atoms with Crippen LogP contribution in [0, 0.1) is 0 Å². The maximum atomic E-state index is 12.1. The zero-order valence-electron chi connectivity index (χ0n) is 9.78. The highest BCUT2D eigenvalue weighted by atomic mass is 32.1. The Hall–Kier alpha value is -1.40. The lowest BCUT2D eigenvalue weighted by molar-refractivity contribution is -0.138. The van der Waals surface area contributed by atoms with E-state index < -0.39 is 5.97 Å². The van der Waals surface area contributed by atoms with Gasteiger partial charge in [-0.15, -0.1) is 0 Å². The molecule has 5 nitrogen and oxygen atoms in total. The molecule has 1 aromatic heterocycles. The van der Waals surface area contributed by atoms with Gasteiger partial charge in [0.1, 0.15) is 0 Å². The number of carbonyl (C=O) groups is 2. The molecule has 1 amide bonds. The minimum absolute atomic E-state index is 0.0337. The number of amides is 1. The summed E-state index contributed by atoms with van der Waals surface area (Å²) in [7, 11) is 0. The molecule has 2 aliphatic rings. The molecule has 18 heavy (non-hydrogen) atoms. The number of carboxylic acid groups (broad SMARTS) is 1. The number of likely N-dealkylation sites (tertiary alicyclic amines) is 1. The van der Waals surface area contributed by atoms with Gasteiger partial charge < -0.3 is 10.0 Å². The first kappa shape index (κ1) is 11.7. The first-order chi connectivity index (χ1) is 8.66. The minimum Gasteiger partial charge on any atom is -0.480 e. The van der Waals surface area contributed by atoms with Crippen molar-refractivity contribution in [2.75, 3.05) is 18.0 Å². The van der Waals surface area contributed by atoms with Gasteiger partial charge in [0.2, 0.25) is 5.91 Å². The van der Waals surface area contributed by atoms with Gasteiger partial charge in [-0.3, -0.25) is 14.5 Å². The van der Waals surface area contributed by atoms with E-state index in [0.717, 1.165) is 18.7 Å². The Labute approximate surface area is 109 Å². The molecule has 2 fully saturated rings. The number of anilines is 1. The lowest BCUT2D eigenvalue weighted by Gasteiger charge is -2.23. The van der Waals surface area contributed by atoms with Crippen molar-refractivity contribution in [3.63, 3.8) is 0 Å². The summed E-state index contributed by atoms with van der Waals surface area (Å²) < 4.78 is 0. The third kappa shape index (κ3) is 1.81. The van der Waals surface area contributed by atoms with Crippen LogP contribution in [-0.4, -0.2) is 47.1 Å². The van der Waals surface area contributed by atoms with Gasteiger partial charge >= 0.3 is 5.97 Å². The van der Waals surface area contributed by atoms with Crippen LogP contribution in [0.2, 0.25) is 0 Å². The number of aliphatic carboxylic acids is 1. The molecule has 2 saturated heterocycles. The summed E-state index contributed by atoms with van der Waals surface area (Å²) in [5.41, 5.74) is 0.953. The topological polar surface area (TPSA) is 60.9 Å².